The van der Waals surface area contributed by atoms with Gasteiger partial charge in [0.25, 0.3) is 0 Å². The molecule has 1 aliphatic carbocycles. The van der Waals surface area contributed by atoms with E-state index in [0.717, 1.165) is 44.2 Å². The maximum atomic E-state index is 13.1. The lowest BCUT2D eigenvalue weighted by molar-refractivity contribution is -0.126. The summed E-state index contributed by atoms with van der Waals surface area (Å²) in [5, 5.41) is 6.52. The van der Waals surface area contributed by atoms with E-state index in [-0.39, 0.29) is 11.7 Å². The summed E-state index contributed by atoms with van der Waals surface area (Å²) in [7, 11) is 0. The summed E-state index contributed by atoms with van der Waals surface area (Å²) < 4.78 is 13.1. The highest BCUT2D eigenvalue weighted by atomic mass is 19.1. The lowest BCUT2D eigenvalue weighted by Crippen LogP contribution is -2.46. The number of amides is 1. The van der Waals surface area contributed by atoms with Gasteiger partial charge in [0.15, 0.2) is 0 Å². The van der Waals surface area contributed by atoms with Gasteiger partial charge < -0.3 is 10.6 Å². The zero-order valence-electron chi connectivity index (χ0n) is 12.3. The van der Waals surface area contributed by atoms with Gasteiger partial charge in [0.05, 0.1) is 5.41 Å². The summed E-state index contributed by atoms with van der Waals surface area (Å²) in [5.74, 6) is -0.136. The summed E-state index contributed by atoms with van der Waals surface area (Å²) in [4.78, 5) is 12.8. The second-order valence-corrected chi connectivity index (χ2v) is 6.30. The molecule has 1 saturated carbocycles. The highest BCUT2D eigenvalue weighted by Gasteiger charge is 2.42. The summed E-state index contributed by atoms with van der Waals surface area (Å²) in [6.45, 7) is 1.74. The van der Waals surface area contributed by atoms with Gasteiger partial charge in [-0.1, -0.05) is 25.0 Å². The SMILES string of the molecule is O=C(NCC1CCCN1)C1(c2ccc(F)cc2)CCCC1. The first-order valence-electron chi connectivity index (χ1n) is 7.98. The van der Waals surface area contributed by atoms with Gasteiger partial charge in [-0.25, -0.2) is 4.39 Å². The van der Waals surface area contributed by atoms with Crippen LogP contribution in [-0.4, -0.2) is 25.0 Å². The Labute approximate surface area is 125 Å². The average Bonchev–Trinajstić information content (AvgIpc) is 3.17. The molecule has 0 radical (unpaired) electrons. The Morgan fingerprint density at radius 2 is 1.95 bits per heavy atom. The molecule has 4 heteroatoms. The van der Waals surface area contributed by atoms with Crippen molar-refractivity contribution in [2.45, 2.75) is 50.0 Å². The van der Waals surface area contributed by atoms with Crippen molar-refractivity contribution in [3.05, 3.63) is 35.6 Å². The number of nitrogens with one attached hydrogen (secondary N) is 2. The predicted octanol–water partition coefficient (Wildman–Crippen LogP) is 2.51. The molecule has 0 aromatic heterocycles. The Balaban J connectivity index is 1.73. The molecular weight excluding hydrogens is 267 g/mol. The fourth-order valence-corrected chi connectivity index (χ4v) is 3.71. The van der Waals surface area contributed by atoms with Crippen molar-refractivity contribution in [1.29, 1.82) is 0 Å². The van der Waals surface area contributed by atoms with Crippen LogP contribution in [0.4, 0.5) is 4.39 Å². The van der Waals surface area contributed by atoms with Crippen molar-refractivity contribution in [3.63, 3.8) is 0 Å². The van der Waals surface area contributed by atoms with Gasteiger partial charge in [-0.05, 0) is 49.9 Å². The molecule has 2 aliphatic rings. The van der Waals surface area contributed by atoms with Crippen LogP contribution in [0.3, 0.4) is 0 Å². The smallest absolute Gasteiger partial charge is 0.230 e. The zero-order valence-corrected chi connectivity index (χ0v) is 12.3. The molecule has 2 N–H and O–H groups in total. The molecule has 0 spiro atoms. The van der Waals surface area contributed by atoms with Crippen LogP contribution in [0.2, 0.25) is 0 Å². The summed E-state index contributed by atoms with van der Waals surface area (Å²) in [6, 6.07) is 6.87. The third kappa shape index (κ3) is 2.95. The lowest BCUT2D eigenvalue weighted by atomic mass is 9.78. The van der Waals surface area contributed by atoms with Crippen LogP contribution in [0.15, 0.2) is 24.3 Å². The van der Waals surface area contributed by atoms with E-state index < -0.39 is 5.41 Å². The largest absolute Gasteiger partial charge is 0.354 e. The van der Waals surface area contributed by atoms with E-state index in [1.165, 1.54) is 18.6 Å². The Kier molecular flexibility index (Phi) is 4.24. The molecule has 2 fully saturated rings. The molecule has 1 heterocycles. The van der Waals surface area contributed by atoms with Crippen LogP contribution in [0.25, 0.3) is 0 Å². The first-order chi connectivity index (χ1) is 10.2. The van der Waals surface area contributed by atoms with E-state index in [9.17, 15) is 9.18 Å². The highest BCUT2D eigenvalue weighted by molar-refractivity contribution is 5.88. The van der Waals surface area contributed by atoms with Crippen molar-refractivity contribution in [2.24, 2.45) is 0 Å². The average molecular weight is 290 g/mol. The first-order valence-corrected chi connectivity index (χ1v) is 7.98. The maximum Gasteiger partial charge on any atom is 0.230 e. The molecule has 1 atom stereocenters. The number of carbonyl (C=O) groups is 1. The molecule has 3 nitrogen and oxygen atoms in total. The van der Waals surface area contributed by atoms with Gasteiger partial charge in [0, 0.05) is 12.6 Å². The van der Waals surface area contributed by atoms with E-state index in [1.807, 2.05) is 0 Å². The molecule has 1 aromatic rings. The third-order valence-electron chi connectivity index (χ3n) is 4.96. The van der Waals surface area contributed by atoms with E-state index in [1.54, 1.807) is 12.1 Å². The second-order valence-electron chi connectivity index (χ2n) is 6.30. The van der Waals surface area contributed by atoms with Crippen LogP contribution < -0.4 is 10.6 Å². The van der Waals surface area contributed by atoms with E-state index >= 15 is 0 Å². The Bertz CT molecular complexity index is 488. The zero-order chi connectivity index (χ0) is 14.7. The van der Waals surface area contributed by atoms with Gasteiger partial charge in [-0.3, -0.25) is 4.79 Å². The molecule has 3 rings (SSSR count). The van der Waals surface area contributed by atoms with Gasteiger partial charge >= 0.3 is 0 Å². The molecule has 1 aliphatic heterocycles. The minimum absolute atomic E-state index is 0.111. The molecule has 114 valence electrons. The summed E-state index contributed by atoms with van der Waals surface area (Å²) in [6.07, 6.45) is 6.16. The van der Waals surface area contributed by atoms with E-state index in [4.69, 9.17) is 0 Å². The van der Waals surface area contributed by atoms with Crippen molar-refractivity contribution in [3.8, 4) is 0 Å². The number of carbonyl (C=O) groups excluding carboxylic acids is 1. The van der Waals surface area contributed by atoms with Crippen LogP contribution in [0.5, 0.6) is 0 Å². The predicted molar refractivity (Wildman–Crippen MR) is 80.6 cm³/mol. The second kappa shape index (κ2) is 6.14. The quantitative estimate of drug-likeness (QED) is 0.894. The molecular formula is C17H23FN2O. The monoisotopic (exact) mass is 290 g/mol. The molecule has 1 amide bonds. The molecule has 1 aromatic carbocycles. The lowest BCUT2D eigenvalue weighted by Gasteiger charge is -2.29. The Hall–Kier alpha value is -1.42. The third-order valence-corrected chi connectivity index (χ3v) is 4.96. The van der Waals surface area contributed by atoms with Crippen molar-refractivity contribution >= 4 is 5.91 Å². The van der Waals surface area contributed by atoms with Gasteiger partial charge in [-0.15, -0.1) is 0 Å². The van der Waals surface area contributed by atoms with Crippen molar-refractivity contribution in [2.75, 3.05) is 13.1 Å². The topological polar surface area (TPSA) is 41.1 Å². The summed E-state index contributed by atoms with van der Waals surface area (Å²) >= 11 is 0. The van der Waals surface area contributed by atoms with Crippen LogP contribution >= 0.6 is 0 Å². The number of rotatable bonds is 4. The molecule has 0 bridgehead atoms. The Morgan fingerprint density at radius 1 is 1.24 bits per heavy atom. The minimum Gasteiger partial charge on any atom is -0.354 e. The Morgan fingerprint density at radius 3 is 2.57 bits per heavy atom. The molecule has 1 saturated heterocycles. The molecule has 1 unspecified atom stereocenters. The van der Waals surface area contributed by atoms with Gasteiger partial charge in [-0.2, -0.15) is 0 Å². The number of benzene rings is 1. The van der Waals surface area contributed by atoms with Gasteiger partial charge in [0.2, 0.25) is 5.91 Å². The van der Waals surface area contributed by atoms with E-state index in [0.29, 0.717) is 12.6 Å². The van der Waals surface area contributed by atoms with Crippen molar-refractivity contribution in [1.82, 2.24) is 10.6 Å². The van der Waals surface area contributed by atoms with Crippen LogP contribution in [0, 0.1) is 5.82 Å². The fourth-order valence-electron chi connectivity index (χ4n) is 3.71. The van der Waals surface area contributed by atoms with E-state index in [2.05, 4.69) is 10.6 Å². The summed E-state index contributed by atoms with van der Waals surface area (Å²) in [5.41, 5.74) is 0.505. The first kappa shape index (κ1) is 14.5. The highest BCUT2D eigenvalue weighted by Crippen LogP contribution is 2.41. The van der Waals surface area contributed by atoms with Gasteiger partial charge in [0.1, 0.15) is 5.82 Å². The molecule has 21 heavy (non-hydrogen) atoms. The number of hydrogen-bond acceptors (Lipinski definition) is 2. The number of halogens is 1. The van der Waals surface area contributed by atoms with Crippen LogP contribution in [-0.2, 0) is 10.2 Å². The standard InChI is InChI=1S/C17H23FN2O/c18-14-7-5-13(6-8-14)17(9-1-2-10-17)16(21)20-12-15-4-3-11-19-15/h5-8,15,19H,1-4,9-12H2,(H,20,21). The number of hydrogen-bond donors (Lipinski definition) is 2. The normalized spacial score (nSPS) is 24.1. The maximum absolute atomic E-state index is 13.1. The fraction of sp³-hybridized carbons (Fsp3) is 0.588. The van der Waals surface area contributed by atoms with Crippen LogP contribution in [0.1, 0.15) is 44.1 Å². The van der Waals surface area contributed by atoms with Crippen molar-refractivity contribution < 1.29 is 9.18 Å². The minimum atomic E-state index is -0.452.